The van der Waals surface area contributed by atoms with Crippen LogP contribution in [-0.2, 0) is 6.54 Å². The van der Waals surface area contributed by atoms with E-state index < -0.39 is 0 Å². The van der Waals surface area contributed by atoms with Gasteiger partial charge in [-0.15, -0.1) is 0 Å². The van der Waals surface area contributed by atoms with Gasteiger partial charge in [0.1, 0.15) is 4.99 Å². The van der Waals surface area contributed by atoms with E-state index in [9.17, 15) is 5.11 Å². The topological polar surface area (TPSA) is 49.5 Å². The van der Waals surface area contributed by atoms with Crippen LogP contribution in [-0.4, -0.2) is 23.2 Å². The number of halogens is 1. The highest BCUT2D eigenvalue weighted by Crippen LogP contribution is 2.26. The maximum atomic E-state index is 9.35. The number of aliphatic hydroxyl groups excluding tert-OH is 1. The summed E-state index contributed by atoms with van der Waals surface area (Å²) in [5.41, 5.74) is 8.74. The average molecular weight is 365 g/mol. The van der Waals surface area contributed by atoms with Gasteiger partial charge in [-0.1, -0.05) is 58.5 Å². The fourth-order valence-electron chi connectivity index (χ4n) is 2.19. The number of nitrogens with two attached hydrogens (primary N) is 1. The van der Waals surface area contributed by atoms with Crippen molar-refractivity contribution in [1.82, 2.24) is 0 Å². The van der Waals surface area contributed by atoms with Crippen LogP contribution < -0.4 is 10.6 Å². The van der Waals surface area contributed by atoms with Crippen LogP contribution in [0.15, 0.2) is 53.0 Å². The summed E-state index contributed by atoms with van der Waals surface area (Å²) >= 11 is 8.58. The van der Waals surface area contributed by atoms with Crippen LogP contribution in [0, 0.1) is 0 Å². The minimum absolute atomic E-state index is 0.0691. The van der Waals surface area contributed by atoms with Crippen LogP contribution in [0.25, 0.3) is 0 Å². The minimum Gasteiger partial charge on any atom is -0.395 e. The average Bonchev–Trinajstić information content (AvgIpc) is 2.48. The maximum Gasteiger partial charge on any atom is 0.106 e. The molecule has 0 aliphatic carbocycles. The third-order valence-corrected chi connectivity index (χ3v) is 3.86. The van der Waals surface area contributed by atoms with Gasteiger partial charge in [-0.05, 0) is 23.8 Å². The van der Waals surface area contributed by atoms with Crippen molar-refractivity contribution in [3.05, 3.63) is 64.1 Å². The number of thiocarbonyl (C=S) groups is 1. The van der Waals surface area contributed by atoms with Gasteiger partial charge in [0.25, 0.3) is 0 Å². The van der Waals surface area contributed by atoms with E-state index in [1.54, 1.807) is 0 Å². The van der Waals surface area contributed by atoms with E-state index in [2.05, 4.69) is 33.0 Å². The second kappa shape index (κ2) is 7.54. The van der Waals surface area contributed by atoms with Gasteiger partial charge in [-0.25, -0.2) is 0 Å². The summed E-state index contributed by atoms with van der Waals surface area (Å²) in [7, 11) is 0. The van der Waals surface area contributed by atoms with Gasteiger partial charge < -0.3 is 15.7 Å². The Morgan fingerprint density at radius 2 is 1.90 bits per heavy atom. The molecule has 0 unspecified atom stereocenters. The summed E-state index contributed by atoms with van der Waals surface area (Å²) in [4.78, 5) is 2.43. The lowest BCUT2D eigenvalue weighted by molar-refractivity contribution is 0.301. The fourth-order valence-corrected chi connectivity index (χ4v) is 2.72. The summed E-state index contributed by atoms with van der Waals surface area (Å²) in [6, 6.07) is 15.9. The van der Waals surface area contributed by atoms with E-state index in [4.69, 9.17) is 18.0 Å². The fraction of sp³-hybridized carbons (Fsp3) is 0.188. The molecular weight excluding hydrogens is 348 g/mol. The normalized spacial score (nSPS) is 10.4. The number of hydrogen-bond acceptors (Lipinski definition) is 3. The number of rotatable bonds is 6. The second-order valence-electron chi connectivity index (χ2n) is 4.66. The first-order valence-corrected chi connectivity index (χ1v) is 7.81. The molecule has 3 nitrogen and oxygen atoms in total. The molecule has 0 amide bonds. The number of benzene rings is 2. The number of anilines is 1. The van der Waals surface area contributed by atoms with Gasteiger partial charge in [-0.2, -0.15) is 0 Å². The van der Waals surface area contributed by atoms with Crippen LogP contribution in [0.1, 0.15) is 11.1 Å². The molecule has 0 bridgehead atoms. The van der Waals surface area contributed by atoms with Gasteiger partial charge >= 0.3 is 0 Å². The van der Waals surface area contributed by atoms with Crippen molar-refractivity contribution >= 4 is 38.8 Å². The molecule has 3 N–H and O–H groups in total. The predicted octanol–water partition coefficient (Wildman–Crippen LogP) is 3.08. The van der Waals surface area contributed by atoms with Crippen LogP contribution in [0.2, 0.25) is 0 Å². The quantitative estimate of drug-likeness (QED) is 0.773. The summed E-state index contributed by atoms with van der Waals surface area (Å²) in [6.45, 7) is 1.28. The van der Waals surface area contributed by atoms with Crippen LogP contribution in [0.5, 0.6) is 0 Å². The molecule has 0 aliphatic rings. The second-order valence-corrected chi connectivity index (χ2v) is 6.01. The van der Waals surface area contributed by atoms with E-state index in [0.29, 0.717) is 18.1 Å². The lowest BCUT2D eigenvalue weighted by atomic mass is 10.1. The molecule has 0 aromatic heterocycles. The van der Waals surface area contributed by atoms with Crippen molar-refractivity contribution < 1.29 is 5.11 Å². The van der Waals surface area contributed by atoms with E-state index in [-0.39, 0.29) is 6.61 Å². The Morgan fingerprint density at radius 1 is 1.19 bits per heavy atom. The van der Waals surface area contributed by atoms with E-state index in [1.165, 1.54) is 5.56 Å². The third kappa shape index (κ3) is 4.27. The number of hydrogen-bond donors (Lipinski definition) is 2. The largest absolute Gasteiger partial charge is 0.395 e. The molecule has 2 rings (SSSR count). The Balaban J connectivity index is 2.36. The molecule has 2 aromatic carbocycles. The highest BCUT2D eigenvalue weighted by atomic mass is 79.9. The summed E-state index contributed by atoms with van der Waals surface area (Å²) in [6.07, 6.45) is 0. The maximum absolute atomic E-state index is 9.35. The Kier molecular flexibility index (Phi) is 5.73. The SMILES string of the molecule is NC(=S)c1cc(Br)ccc1N(CCO)Cc1ccccc1. The summed E-state index contributed by atoms with van der Waals surface area (Å²) in [5.74, 6) is 0. The molecule has 0 saturated carbocycles. The monoisotopic (exact) mass is 364 g/mol. The Labute approximate surface area is 138 Å². The first-order chi connectivity index (χ1) is 10.1. The van der Waals surface area contributed by atoms with E-state index in [1.807, 2.05) is 36.4 Å². The molecule has 21 heavy (non-hydrogen) atoms. The first-order valence-electron chi connectivity index (χ1n) is 6.61. The zero-order valence-electron chi connectivity index (χ0n) is 11.5. The summed E-state index contributed by atoms with van der Waals surface area (Å²) < 4.78 is 0.928. The smallest absolute Gasteiger partial charge is 0.106 e. The highest BCUT2D eigenvalue weighted by Gasteiger charge is 2.13. The molecule has 0 heterocycles. The van der Waals surface area contributed by atoms with Crippen molar-refractivity contribution in [2.45, 2.75) is 6.54 Å². The third-order valence-electron chi connectivity index (χ3n) is 3.15. The lowest BCUT2D eigenvalue weighted by Crippen LogP contribution is -2.28. The Bertz CT molecular complexity index is 619. The minimum atomic E-state index is 0.0691. The highest BCUT2D eigenvalue weighted by molar-refractivity contribution is 9.10. The van der Waals surface area contributed by atoms with Crippen molar-refractivity contribution in [2.75, 3.05) is 18.1 Å². The first kappa shape index (κ1) is 15.9. The number of aliphatic hydroxyl groups is 1. The molecular formula is C16H17BrN2OS. The van der Waals surface area contributed by atoms with Gasteiger partial charge in [-0.3, -0.25) is 0 Å². The standard InChI is InChI=1S/C16H17BrN2OS/c17-13-6-7-15(14(10-13)16(18)21)19(8-9-20)11-12-4-2-1-3-5-12/h1-7,10,20H,8-9,11H2,(H2,18,21). The number of nitrogens with zero attached hydrogens (tertiary/aromatic N) is 1. The molecule has 110 valence electrons. The molecule has 0 radical (unpaired) electrons. The van der Waals surface area contributed by atoms with Gasteiger partial charge in [0.2, 0.25) is 0 Å². The predicted molar refractivity (Wildman–Crippen MR) is 94.6 cm³/mol. The van der Waals surface area contributed by atoms with Crippen LogP contribution >= 0.6 is 28.1 Å². The van der Waals surface area contributed by atoms with Crippen molar-refractivity contribution in [3.63, 3.8) is 0 Å². The molecule has 0 aliphatic heterocycles. The van der Waals surface area contributed by atoms with Crippen molar-refractivity contribution in [2.24, 2.45) is 5.73 Å². The molecule has 0 fully saturated rings. The molecule has 2 aromatic rings. The summed E-state index contributed by atoms with van der Waals surface area (Å²) in [5, 5.41) is 9.35. The van der Waals surface area contributed by atoms with Crippen LogP contribution in [0.4, 0.5) is 5.69 Å². The molecule has 0 spiro atoms. The van der Waals surface area contributed by atoms with Crippen LogP contribution in [0.3, 0.4) is 0 Å². The zero-order valence-corrected chi connectivity index (χ0v) is 13.9. The van der Waals surface area contributed by atoms with Crippen molar-refractivity contribution in [1.29, 1.82) is 0 Å². The van der Waals surface area contributed by atoms with E-state index in [0.717, 1.165) is 15.7 Å². The zero-order chi connectivity index (χ0) is 15.2. The van der Waals surface area contributed by atoms with Crippen molar-refractivity contribution in [3.8, 4) is 0 Å². The Morgan fingerprint density at radius 3 is 2.52 bits per heavy atom. The van der Waals surface area contributed by atoms with E-state index >= 15 is 0 Å². The van der Waals surface area contributed by atoms with Gasteiger partial charge in [0.15, 0.2) is 0 Å². The molecule has 0 saturated heterocycles. The lowest BCUT2D eigenvalue weighted by Gasteiger charge is -2.26. The van der Waals surface area contributed by atoms with Gasteiger partial charge in [0.05, 0.1) is 6.61 Å². The Hall–Kier alpha value is -1.43. The molecule has 0 atom stereocenters. The molecule has 5 heteroatoms. The van der Waals surface area contributed by atoms with Gasteiger partial charge in [0, 0.05) is 28.8 Å².